The Kier molecular flexibility index (Phi) is 6.63. The van der Waals surface area contributed by atoms with E-state index in [9.17, 15) is 0 Å². The summed E-state index contributed by atoms with van der Waals surface area (Å²) in [6, 6.07) is 6.72. The number of rotatable bonds is 4. The average Bonchev–Trinajstić information content (AvgIpc) is 2.85. The molecule has 23 heavy (non-hydrogen) atoms. The highest BCUT2D eigenvalue weighted by atomic mass is 35.5. The lowest BCUT2D eigenvalue weighted by atomic mass is 9.84. The van der Waals surface area contributed by atoms with Gasteiger partial charge in [0.15, 0.2) is 0 Å². The standard InChI is InChI=1S/C22H31Cl/c23-22-17-19(12-8-11-18-9-4-1-2-5-10-18)15-16-21(22)20-13-6-3-7-14-20/h8,12,15-18,20H,1-7,9-11,13-14H2. The van der Waals surface area contributed by atoms with Crippen LogP contribution in [-0.4, -0.2) is 0 Å². The van der Waals surface area contributed by atoms with E-state index in [0.29, 0.717) is 5.92 Å². The van der Waals surface area contributed by atoms with Gasteiger partial charge in [0.2, 0.25) is 0 Å². The third-order valence-electron chi connectivity index (χ3n) is 5.82. The lowest BCUT2D eigenvalue weighted by Gasteiger charge is -2.23. The Hall–Kier alpha value is -0.750. The second kappa shape index (κ2) is 8.92. The molecule has 1 heteroatoms. The zero-order chi connectivity index (χ0) is 15.9. The van der Waals surface area contributed by atoms with Crippen LogP contribution in [0.5, 0.6) is 0 Å². The van der Waals surface area contributed by atoms with Crippen LogP contribution in [0.4, 0.5) is 0 Å². The van der Waals surface area contributed by atoms with Gasteiger partial charge < -0.3 is 0 Å². The topological polar surface area (TPSA) is 0 Å². The third-order valence-corrected chi connectivity index (χ3v) is 6.15. The van der Waals surface area contributed by atoms with Crippen LogP contribution in [0.15, 0.2) is 24.3 Å². The minimum Gasteiger partial charge on any atom is -0.0840 e. The summed E-state index contributed by atoms with van der Waals surface area (Å²) in [5.74, 6) is 1.60. The molecule has 1 aromatic carbocycles. The van der Waals surface area contributed by atoms with Gasteiger partial charge in [-0.1, -0.05) is 93.7 Å². The third kappa shape index (κ3) is 5.11. The second-order valence-electron chi connectivity index (χ2n) is 7.61. The van der Waals surface area contributed by atoms with Crippen LogP contribution in [0.1, 0.15) is 94.1 Å². The SMILES string of the molecule is Clc1cc(C=CCC2CCCCCC2)ccc1C1CCCCC1. The number of halogens is 1. The monoisotopic (exact) mass is 330 g/mol. The molecular formula is C22H31Cl. The maximum absolute atomic E-state index is 6.58. The predicted octanol–water partition coefficient (Wildman–Crippen LogP) is 7.76. The number of allylic oxidation sites excluding steroid dienone is 1. The van der Waals surface area contributed by atoms with E-state index < -0.39 is 0 Å². The molecule has 0 atom stereocenters. The van der Waals surface area contributed by atoms with Crippen LogP contribution in [0.3, 0.4) is 0 Å². The Bertz CT molecular complexity index is 503. The van der Waals surface area contributed by atoms with Gasteiger partial charge >= 0.3 is 0 Å². The first-order valence-electron chi connectivity index (χ1n) is 9.79. The summed E-state index contributed by atoms with van der Waals surface area (Å²) in [7, 11) is 0. The van der Waals surface area contributed by atoms with E-state index in [1.807, 2.05) is 0 Å². The van der Waals surface area contributed by atoms with E-state index in [-0.39, 0.29) is 0 Å². The maximum Gasteiger partial charge on any atom is 0.0446 e. The van der Waals surface area contributed by atoms with Gasteiger partial charge in [0.05, 0.1) is 0 Å². The molecule has 0 unspecified atom stereocenters. The molecule has 1 aromatic rings. The summed E-state index contributed by atoms with van der Waals surface area (Å²) < 4.78 is 0. The minimum absolute atomic E-state index is 0.695. The molecule has 2 fully saturated rings. The summed E-state index contributed by atoms with van der Waals surface area (Å²) in [5.41, 5.74) is 2.65. The van der Waals surface area contributed by atoms with Crippen molar-refractivity contribution in [2.75, 3.05) is 0 Å². The molecule has 126 valence electrons. The van der Waals surface area contributed by atoms with Gasteiger partial charge in [-0.05, 0) is 48.3 Å². The van der Waals surface area contributed by atoms with E-state index in [0.717, 1.165) is 10.9 Å². The zero-order valence-corrected chi connectivity index (χ0v) is 15.2. The molecule has 0 nitrogen and oxygen atoms in total. The van der Waals surface area contributed by atoms with Gasteiger partial charge in [-0.3, -0.25) is 0 Å². The molecule has 0 saturated heterocycles. The fourth-order valence-corrected chi connectivity index (χ4v) is 4.73. The highest BCUT2D eigenvalue weighted by Crippen LogP contribution is 2.36. The summed E-state index contributed by atoms with van der Waals surface area (Å²) in [6.45, 7) is 0. The van der Waals surface area contributed by atoms with Gasteiger partial charge in [-0.2, -0.15) is 0 Å². The fraction of sp³-hybridized carbons (Fsp3) is 0.636. The Morgan fingerprint density at radius 3 is 2.22 bits per heavy atom. The molecule has 0 heterocycles. The van der Waals surface area contributed by atoms with Crippen molar-refractivity contribution in [2.24, 2.45) is 5.92 Å². The minimum atomic E-state index is 0.695. The molecule has 0 N–H and O–H groups in total. The molecule has 0 bridgehead atoms. The van der Waals surface area contributed by atoms with Crippen molar-refractivity contribution in [2.45, 2.75) is 83.0 Å². The van der Waals surface area contributed by atoms with Gasteiger partial charge in [0, 0.05) is 5.02 Å². The summed E-state index contributed by atoms with van der Waals surface area (Å²) in [4.78, 5) is 0. The summed E-state index contributed by atoms with van der Waals surface area (Å²) >= 11 is 6.58. The van der Waals surface area contributed by atoms with Gasteiger partial charge in [0.1, 0.15) is 0 Å². The quantitative estimate of drug-likeness (QED) is 0.495. The van der Waals surface area contributed by atoms with Crippen molar-refractivity contribution in [1.82, 2.24) is 0 Å². The van der Waals surface area contributed by atoms with Crippen molar-refractivity contribution in [3.63, 3.8) is 0 Å². The van der Waals surface area contributed by atoms with Crippen LogP contribution in [-0.2, 0) is 0 Å². The van der Waals surface area contributed by atoms with E-state index in [1.54, 1.807) is 0 Å². The Morgan fingerprint density at radius 2 is 1.52 bits per heavy atom. The molecule has 0 radical (unpaired) electrons. The van der Waals surface area contributed by atoms with Crippen LogP contribution in [0, 0.1) is 5.92 Å². The van der Waals surface area contributed by atoms with Crippen molar-refractivity contribution >= 4 is 17.7 Å². The van der Waals surface area contributed by atoms with Crippen molar-refractivity contribution in [3.05, 3.63) is 40.4 Å². The summed E-state index contributed by atoms with van der Waals surface area (Å²) in [6.07, 6.45) is 21.2. The zero-order valence-electron chi connectivity index (χ0n) is 14.4. The molecule has 0 aromatic heterocycles. The largest absolute Gasteiger partial charge is 0.0840 e. The van der Waals surface area contributed by atoms with Crippen LogP contribution in [0.25, 0.3) is 6.08 Å². The fourth-order valence-electron chi connectivity index (χ4n) is 4.39. The Balaban J connectivity index is 1.57. The van der Waals surface area contributed by atoms with Crippen LogP contribution < -0.4 is 0 Å². The number of hydrogen-bond donors (Lipinski definition) is 0. The molecular weight excluding hydrogens is 300 g/mol. The van der Waals surface area contributed by atoms with Gasteiger partial charge in [-0.15, -0.1) is 0 Å². The van der Waals surface area contributed by atoms with E-state index in [4.69, 9.17) is 11.6 Å². The first kappa shape index (κ1) is 17.1. The average molecular weight is 331 g/mol. The van der Waals surface area contributed by atoms with Crippen LogP contribution in [0.2, 0.25) is 5.02 Å². The second-order valence-corrected chi connectivity index (χ2v) is 8.02. The number of hydrogen-bond acceptors (Lipinski definition) is 0. The predicted molar refractivity (Wildman–Crippen MR) is 102 cm³/mol. The molecule has 0 aliphatic heterocycles. The molecule has 0 spiro atoms. The molecule has 2 aliphatic carbocycles. The van der Waals surface area contributed by atoms with Crippen molar-refractivity contribution in [3.8, 4) is 0 Å². The number of benzene rings is 1. The normalized spacial score (nSPS) is 21.6. The van der Waals surface area contributed by atoms with E-state index in [2.05, 4.69) is 30.4 Å². The van der Waals surface area contributed by atoms with Gasteiger partial charge in [-0.25, -0.2) is 0 Å². The Labute approximate surface area is 147 Å². The van der Waals surface area contributed by atoms with E-state index in [1.165, 1.54) is 88.2 Å². The molecule has 0 amide bonds. The van der Waals surface area contributed by atoms with Gasteiger partial charge in [0.25, 0.3) is 0 Å². The van der Waals surface area contributed by atoms with Crippen molar-refractivity contribution in [1.29, 1.82) is 0 Å². The molecule has 2 saturated carbocycles. The smallest absolute Gasteiger partial charge is 0.0446 e. The van der Waals surface area contributed by atoms with E-state index >= 15 is 0 Å². The molecule has 2 aliphatic rings. The lowest BCUT2D eigenvalue weighted by molar-refractivity contribution is 0.444. The maximum atomic E-state index is 6.58. The van der Waals surface area contributed by atoms with Crippen molar-refractivity contribution < 1.29 is 0 Å². The lowest BCUT2D eigenvalue weighted by Crippen LogP contribution is -2.05. The first-order chi connectivity index (χ1) is 11.3. The van der Waals surface area contributed by atoms with Crippen LogP contribution >= 0.6 is 11.6 Å². The molecule has 3 rings (SSSR count). The first-order valence-corrected chi connectivity index (χ1v) is 10.2. The highest BCUT2D eigenvalue weighted by Gasteiger charge is 2.17. The summed E-state index contributed by atoms with van der Waals surface area (Å²) in [5, 5.41) is 0.980. The Morgan fingerprint density at radius 1 is 0.870 bits per heavy atom. The highest BCUT2D eigenvalue weighted by molar-refractivity contribution is 6.31.